The largest absolute Gasteiger partial charge is 0.458 e. The molecule has 12 heteroatoms. The van der Waals surface area contributed by atoms with Gasteiger partial charge in [-0.2, -0.15) is 0 Å². The second-order valence-corrected chi connectivity index (χ2v) is 16.6. The van der Waals surface area contributed by atoms with Crippen molar-refractivity contribution in [2.24, 2.45) is 17.8 Å². The summed E-state index contributed by atoms with van der Waals surface area (Å²) < 4.78 is 38.1. The van der Waals surface area contributed by atoms with Crippen LogP contribution in [-0.4, -0.2) is 98.1 Å². The minimum absolute atomic E-state index is 0.0308. The Morgan fingerprint density at radius 1 is 0.981 bits per heavy atom. The van der Waals surface area contributed by atoms with Gasteiger partial charge in [0.05, 0.1) is 13.2 Å². The molecule has 0 aromatic heterocycles. The molecule has 1 aliphatic heterocycles. The van der Waals surface area contributed by atoms with Gasteiger partial charge < -0.3 is 34.1 Å². The van der Waals surface area contributed by atoms with Gasteiger partial charge in [-0.25, -0.2) is 14.0 Å². The van der Waals surface area contributed by atoms with Crippen molar-refractivity contribution in [2.45, 2.75) is 100 Å². The molecule has 4 aliphatic carbocycles. The molecule has 11 nitrogen and oxygen atoms in total. The maximum atomic E-state index is 15.1. The quantitative estimate of drug-likeness (QED) is 0.173. The zero-order valence-electron chi connectivity index (χ0n) is 31.9. The minimum atomic E-state index is -1.60. The second kappa shape index (κ2) is 14.9. The van der Waals surface area contributed by atoms with Gasteiger partial charge in [0.2, 0.25) is 5.60 Å². The predicted octanol–water partition coefficient (Wildman–Crippen LogP) is 5.10. The molecule has 1 N–H and O–H groups in total. The summed E-state index contributed by atoms with van der Waals surface area (Å²) in [5.41, 5.74) is -2.61. The van der Waals surface area contributed by atoms with E-state index in [0.717, 1.165) is 42.7 Å². The third-order valence-corrected chi connectivity index (χ3v) is 12.3. The Morgan fingerprint density at radius 2 is 1.67 bits per heavy atom. The SMILES string of the molecule is CN[C@]1(C(=O)OC2(C(=O)N(C)CC[C@H](CC(=O)OC3(C(=O)OCc4ccccc4)CC3)C3CC3)CC2c2ccc(N3CCOCC3)cc2)CC1C(C)(C)F. The average Bonchev–Trinajstić information content (AvgIpc) is 3.98. The van der Waals surface area contributed by atoms with Crippen molar-refractivity contribution in [1.82, 2.24) is 10.2 Å². The molecule has 5 fully saturated rings. The van der Waals surface area contributed by atoms with E-state index in [1.165, 1.54) is 13.8 Å². The summed E-state index contributed by atoms with van der Waals surface area (Å²) in [6, 6.07) is 17.4. The fourth-order valence-corrected chi connectivity index (χ4v) is 8.36. The molecule has 0 spiro atoms. The third-order valence-electron chi connectivity index (χ3n) is 12.3. The molecular weight excluding hydrogens is 693 g/mol. The highest BCUT2D eigenvalue weighted by Gasteiger charge is 2.71. The fourth-order valence-electron chi connectivity index (χ4n) is 8.36. The first-order chi connectivity index (χ1) is 25.8. The summed E-state index contributed by atoms with van der Waals surface area (Å²) in [5.74, 6) is -2.50. The lowest BCUT2D eigenvalue weighted by Crippen LogP contribution is -2.49. The number of benzene rings is 2. The second-order valence-electron chi connectivity index (χ2n) is 16.6. The number of alkyl halides is 1. The first-order valence-electron chi connectivity index (χ1n) is 19.5. The number of anilines is 1. The lowest BCUT2D eigenvalue weighted by atomic mass is 9.95. The minimum Gasteiger partial charge on any atom is -0.458 e. The topological polar surface area (TPSA) is 124 Å². The van der Waals surface area contributed by atoms with E-state index in [2.05, 4.69) is 10.2 Å². The Kier molecular flexibility index (Phi) is 10.6. The Bertz CT molecular complexity index is 1700. The number of nitrogens with zero attached hydrogens (tertiary/aromatic N) is 2. The van der Waals surface area contributed by atoms with E-state index in [1.807, 2.05) is 54.6 Å². The van der Waals surface area contributed by atoms with E-state index in [9.17, 15) is 19.2 Å². The van der Waals surface area contributed by atoms with E-state index >= 15 is 4.39 Å². The number of hydrogen-bond donors (Lipinski definition) is 1. The number of halogens is 1. The van der Waals surface area contributed by atoms with Gasteiger partial charge in [-0.3, -0.25) is 9.59 Å². The normalized spacial score (nSPS) is 27.3. The molecule has 2 aromatic carbocycles. The van der Waals surface area contributed by atoms with E-state index in [1.54, 1.807) is 19.0 Å². The maximum absolute atomic E-state index is 15.1. The van der Waals surface area contributed by atoms with Crippen LogP contribution in [0.4, 0.5) is 10.1 Å². The number of esters is 3. The Labute approximate surface area is 317 Å². The number of carbonyl (C=O) groups is 4. The molecular formula is C42H54FN3O8. The van der Waals surface area contributed by atoms with E-state index in [0.29, 0.717) is 51.4 Å². The predicted molar refractivity (Wildman–Crippen MR) is 198 cm³/mol. The highest BCUT2D eigenvalue weighted by Crippen LogP contribution is 2.59. The average molecular weight is 748 g/mol. The summed E-state index contributed by atoms with van der Waals surface area (Å²) in [4.78, 5) is 58.3. The molecule has 1 heterocycles. The van der Waals surface area contributed by atoms with Crippen LogP contribution in [0.15, 0.2) is 54.6 Å². The van der Waals surface area contributed by atoms with Crippen molar-refractivity contribution in [2.75, 3.05) is 51.8 Å². The summed E-state index contributed by atoms with van der Waals surface area (Å²) in [6.45, 7) is 6.32. The number of morpholine rings is 1. The van der Waals surface area contributed by atoms with Crippen LogP contribution in [0.5, 0.6) is 0 Å². The van der Waals surface area contributed by atoms with Gasteiger partial charge in [-0.05, 0) is 81.7 Å². The molecule has 2 aromatic rings. The molecule has 1 saturated heterocycles. The number of rotatable bonds is 17. The number of nitrogens with one attached hydrogen (secondary N) is 1. The summed E-state index contributed by atoms with van der Waals surface area (Å²) in [6.07, 6.45) is 4.16. The molecule has 7 rings (SSSR count). The number of likely N-dealkylation sites (N-methyl/N-ethyl adjacent to an activating group) is 2. The van der Waals surface area contributed by atoms with Crippen LogP contribution in [0, 0.1) is 17.8 Å². The monoisotopic (exact) mass is 747 g/mol. The van der Waals surface area contributed by atoms with E-state index < -0.39 is 46.2 Å². The van der Waals surface area contributed by atoms with Crippen LogP contribution in [0.25, 0.3) is 0 Å². The third kappa shape index (κ3) is 8.01. The lowest BCUT2D eigenvalue weighted by molar-refractivity contribution is -0.173. The molecule has 0 bridgehead atoms. The van der Waals surface area contributed by atoms with Gasteiger partial charge in [0, 0.05) is 69.9 Å². The number of ether oxygens (including phenoxy) is 4. The van der Waals surface area contributed by atoms with E-state index in [4.69, 9.17) is 18.9 Å². The van der Waals surface area contributed by atoms with Crippen LogP contribution < -0.4 is 10.2 Å². The van der Waals surface area contributed by atoms with Crippen LogP contribution in [-0.2, 0) is 44.7 Å². The van der Waals surface area contributed by atoms with Gasteiger partial charge >= 0.3 is 17.9 Å². The molecule has 3 unspecified atom stereocenters. The first kappa shape index (κ1) is 38.3. The van der Waals surface area contributed by atoms with Crippen molar-refractivity contribution < 1.29 is 42.5 Å². The van der Waals surface area contributed by atoms with Crippen LogP contribution >= 0.6 is 0 Å². The molecule has 4 saturated carbocycles. The molecule has 1 amide bonds. The van der Waals surface area contributed by atoms with Crippen molar-refractivity contribution in [3.8, 4) is 0 Å². The molecule has 0 radical (unpaired) electrons. The first-order valence-corrected chi connectivity index (χ1v) is 19.5. The zero-order chi connectivity index (χ0) is 38.3. The van der Waals surface area contributed by atoms with Gasteiger partial charge in [0.25, 0.3) is 5.91 Å². The van der Waals surface area contributed by atoms with Crippen molar-refractivity contribution in [3.05, 3.63) is 65.7 Å². The van der Waals surface area contributed by atoms with Gasteiger partial charge in [0.1, 0.15) is 17.8 Å². The van der Waals surface area contributed by atoms with Crippen LogP contribution in [0.3, 0.4) is 0 Å². The maximum Gasteiger partial charge on any atom is 0.350 e. The standard InChI is InChI=1S/C42H54FN3O8/c1-39(2,43)34-26-41(34,44-3)38(50)54-42(25-33(42)30-12-14-32(15-13-30)46-20-22-51-23-21-46)36(48)45(4)19-16-31(29-10-11-29)24-35(47)53-40(17-18-40)37(49)52-27-28-8-6-5-7-9-28/h5-9,12-15,29,31,33-34,44H,10-11,16-27H2,1-4H3/t31-,33?,34?,41-,42?/m1/s1. The van der Waals surface area contributed by atoms with Gasteiger partial charge in [-0.15, -0.1) is 0 Å². The van der Waals surface area contributed by atoms with Crippen LogP contribution in [0.1, 0.15) is 82.3 Å². The van der Waals surface area contributed by atoms with Gasteiger partial charge in [0.15, 0.2) is 5.60 Å². The molecule has 5 aliphatic rings. The molecule has 5 atom stereocenters. The highest BCUT2D eigenvalue weighted by atomic mass is 19.1. The Balaban J connectivity index is 0.996. The summed E-state index contributed by atoms with van der Waals surface area (Å²) in [7, 11) is 3.33. The summed E-state index contributed by atoms with van der Waals surface area (Å²) >= 11 is 0. The van der Waals surface area contributed by atoms with Crippen molar-refractivity contribution >= 4 is 29.5 Å². The molecule has 54 heavy (non-hydrogen) atoms. The zero-order valence-corrected chi connectivity index (χ0v) is 31.9. The lowest BCUT2D eigenvalue weighted by Gasteiger charge is -2.29. The summed E-state index contributed by atoms with van der Waals surface area (Å²) in [5, 5.41) is 3.02. The van der Waals surface area contributed by atoms with Crippen molar-refractivity contribution in [3.63, 3.8) is 0 Å². The Hall–Kier alpha value is -4.03. The Morgan fingerprint density at radius 3 is 2.26 bits per heavy atom. The number of hydrogen-bond acceptors (Lipinski definition) is 10. The highest BCUT2D eigenvalue weighted by molar-refractivity contribution is 5.95. The fraction of sp³-hybridized carbons (Fsp3) is 0.619. The number of carbonyl (C=O) groups excluding carboxylic acids is 4. The number of amides is 1. The van der Waals surface area contributed by atoms with Crippen LogP contribution in [0.2, 0.25) is 0 Å². The van der Waals surface area contributed by atoms with E-state index in [-0.39, 0.29) is 37.2 Å². The molecule has 292 valence electrons. The smallest absolute Gasteiger partial charge is 0.350 e. The van der Waals surface area contributed by atoms with Gasteiger partial charge in [-0.1, -0.05) is 42.5 Å². The van der Waals surface area contributed by atoms with Crippen molar-refractivity contribution in [1.29, 1.82) is 0 Å².